The average Bonchev–Trinajstić information content (AvgIpc) is 3.29. The fourth-order valence-electron chi connectivity index (χ4n) is 3.56. The Morgan fingerprint density at radius 2 is 1.87 bits per heavy atom. The van der Waals surface area contributed by atoms with Crippen LogP contribution < -0.4 is 10.6 Å². The molecule has 11 heteroatoms. The number of esters is 1. The van der Waals surface area contributed by atoms with Gasteiger partial charge in [0.15, 0.2) is 11.0 Å². The van der Waals surface area contributed by atoms with E-state index < -0.39 is 12.0 Å². The van der Waals surface area contributed by atoms with Gasteiger partial charge in [-0.2, -0.15) is 0 Å². The maximum atomic E-state index is 12.8. The lowest BCUT2D eigenvalue weighted by molar-refractivity contribution is -0.113. The summed E-state index contributed by atoms with van der Waals surface area (Å²) in [5, 5.41) is 15.2. The molecule has 3 rings (SSSR count). The minimum Gasteiger partial charge on any atom is -0.462 e. The molecular weight excluding hydrogens is 526 g/mol. The van der Waals surface area contributed by atoms with Crippen LogP contribution >= 0.6 is 23.4 Å². The normalized spacial score (nSPS) is 11.6. The van der Waals surface area contributed by atoms with Crippen molar-refractivity contribution in [3.8, 4) is 0 Å². The van der Waals surface area contributed by atoms with Gasteiger partial charge < -0.3 is 19.9 Å². The molecule has 1 unspecified atom stereocenters. The molecule has 1 heterocycles. The Balaban J connectivity index is 1.74. The lowest BCUT2D eigenvalue weighted by Gasteiger charge is -2.22. The van der Waals surface area contributed by atoms with Gasteiger partial charge in [0.05, 0.1) is 34.7 Å². The Hall–Kier alpha value is -3.63. The maximum Gasteiger partial charge on any atom is 0.338 e. The first kappa shape index (κ1) is 28.9. The van der Waals surface area contributed by atoms with Crippen LogP contribution in [0, 0.1) is 5.92 Å². The molecule has 0 saturated carbocycles. The third-order valence-corrected chi connectivity index (χ3v) is 6.70. The molecule has 0 aliphatic carbocycles. The standard InChI is InChI=1S/C27H30ClN5O4S/c1-5-14-33-24(23(17(3)4)30-25(35)18-10-8-7-9-11-18)31-32-27(33)38-16-22(34)29-21-15-19(12-13-20(21)28)26(36)37-6-2/h5,7-13,15,17,23H,1,6,14,16H2,2-4H3,(H,29,34)(H,30,35). The Kier molecular flexibility index (Phi) is 10.5. The Morgan fingerprint density at radius 3 is 2.53 bits per heavy atom. The van der Waals surface area contributed by atoms with Crippen LogP contribution in [-0.2, 0) is 16.1 Å². The number of hydrogen-bond donors (Lipinski definition) is 2. The van der Waals surface area contributed by atoms with Crippen molar-refractivity contribution in [2.75, 3.05) is 17.7 Å². The summed E-state index contributed by atoms with van der Waals surface area (Å²) in [4.78, 5) is 37.6. The molecule has 9 nitrogen and oxygen atoms in total. The highest BCUT2D eigenvalue weighted by Crippen LogP contribution is 2.27. The Labute approximate surface area is 231 Å². The minimum absolute atomic E-state index is 0.0119. The molecule has 1 atom stereocenters. The topological polar surface area (TPSA) is 115 Å². The molecule has 0 saturated heterocycles. The molecule has 0 spiro atoms. The van der Waals surface area contributed by atoms with Crippen molar-refractivity contribution in [2.24, 2.45) is 5.92 Å². The van der Waals surface area contributed by atoms with Crippen molar-refractivity contribution < 1.29 is 19.1 Å². The summed E-state index contributed by atoms with van der Waals surface area (Å²) >= 11 is 7.40. The molecule has 0 radical (unpaired) electrons. The van der Waals surface area contributed by atoms with Crippen molar-refractivity contribution in [2.45, 2.75) is 38.5 Å². The van der Waals surface area contributed by atoms with E-state index in [0.717, 1.165) is 0 Å². The zero-order valence-corrected chi connectivity index (χ0v) is 23.0. The Morgan fingerprint density at radius 1 is 1.13 bits per heavy atom. The van der Waals surface area contributed by atoms with Crippen molar-refractivity contribution in [3.63, 3.8) is 0 Å². The predicted octanol–water partition coefficient (Wildman–Crippen LogP) is 5.15. The number of anilines is 1. The number of hydrogen-bond acceptors (Lipinski definition) is 7. The number of ether oxygens (including phenoxy) is 1. The molecular formula is C27H30ClN5O4S. The largest absolute Gasteiger partial charge is 0.462 e. The fourth-order valence-corrected chi connectivity index (χ4v) is 4.48. The molecule has 1 aromatic heterocycles. The first-order chi connectivity index (χ1) is 18.2. The van der Waals surface area contributed by atoms with E-state index in [-0.39, 0.29) is 35.7 Å². The van der Waals surface area contributed by atoms with Gasteiger partial charge in [0.25, 0.3) is 5.91 Å². The second-order valence-corrected chi connectivity index (χ2v) is 9.90. The first-order valence-corrected chi connectivity index (χ1v) is 13.4. The van der Waals surface area contributed by atoms with Crippen LogP contribution in [0.1, 0.15) is 53.4 Å². The number of nitrogens with one attached hydrogen (secondary N) is 2. The number of nitrogens with zero attached hydrogens (tertiary/aromatic N) is 3. The van der Waals surface area contributed by atoms with Crippen LogP contribution in [0.25, 0.3) is 0 Å². The second-order valence-electron chi connectivity index (χ2n) is 8.55. The van der Waals surface area contributed by atoms with E-state index in [9.17, 15) is 14.4 Å². The summed E-state index contributed by atoms with van der Waals surface area (Å²) in [5.74, 6) is -0.461. The van der Waals surface area contributed by atoms with E-state index >= 15 is 0 Å². The second kappa shape index (κ2) is 13.8. The highest BCUT2D eigenvalue weighted by Gasteiger charge is 2.26. The van der Waals surface area contributed by atoms with Crippen LogP contribution in [0.15, 0.2) is 66.3 Å². The zero-order chi connectivity index (χ0) is 27.7. The number of rotatable bonds is 12. The van der Waals surface area contributed by atoms with Gasteiger partial charge in [0.1, 0.15) is 0 Å². The van der Waals surface area contributed by atoms with Gasteiger partial charge in [-0.05, 0) is 43.2 Å². The van der Waals surface area contributed by atoms with Gasteiger partial charge in [-0.25, -0.2) is 4.79 Å². The molecule has 38 heavy (non-hydrogen) atoms. The lowest BCUT2D eigenvalue weighted by Crippen LogP contribution is -2.33. The molecule has 0 aliphatic rings. The number of carbonyl (C=O) groups is 3. The molecule has 2 aromatic carbocycles. The van der Waals surface area contributed by atoms with E-state index in [4.69, 9.17) is 16.3 Å². The number of carbonyl (C=O) groups excluding carboxylic acids is 3. The van der Waals surface area contributed by atoms with Crippen LogP contribution in [0.2, 0.25) is 5.02 Å². The third-order valence-electron chi connectivity index (χ3n) is 5.41. The van der Waals surface area contributed by atoms with Gasteiger partial charge in [0.2, 0.25) is 5.91 Å². The lowest BCUT2D eigenvalue weighted by atomic mass is 10.0. The van der Waals surface area contributed by atoms with Crippen molar-refractivity contribution >= 4 is 46.8 Å². The highest BCUT2D eigenvalue weighted by atomic mass is 35.5. The van der Waals surface area contributed by atoms with Gasteiger partial charge in [-0.1, -0.05) is 61.5 Å². The smallest absolute Gasteiger partial charge is 0.338 e. The van der Waals surface area contributed by atoms with Crippen molar-refractivity contribution in [1.29, 1.82) is 0 Å². The fraction of sp³-hybridized carbons (Fsp3) is 0.296. The van der Waals surface area contributed by atoms with E-state index in [2.05, 4.69) is 27.4 Å². The van der Waals surface area contributed by atoms with Gasteiger partial charge in [-0.15, -0.1) is 16.8 Å². The summed E-state index contributed by atoms with van der Waals surface area (Å²) in [7, 11) is 0. The average molecular weight is 556 g/mol. The molecule has 0 fully saturated rings. The summed E-state index contributed by atoms with van der Waals surface area (Å²) in [6.45, 7) is 10.1. The summed E-state index contributed by atoms with van der Waals surface area (Å²) < 4.78 is 6.83. The first-order valence-electron chi connectivity index (χ1n) is 12.0. The van der Waals surface area contributed by atoms with E-state index in [1.165, 1.54) is 30.0 Å². The summed E-state index contributed by atoms with van der Waals surface area (Å²) in [6, 6.07) is 13.1. The quantitative estimate of drug-likeness (QED) is 0.180. The van der Waals surface area contributed by atoms with E-state index in [1.54, 1.807) is 37.3 Å². The van der Waals surface area contributed by atoms with Gasteiger partial charge >= 0.3 is 5.97 Å². The van der Waals surface area contributed by atoms with Crippen molar-refractivity contribution in [3.05, 3.63) is 83.2 Å². The van der Waals surface area contributed by atoms with Gasteiger partial charge in [0, 0.05) is 12.1 Å². The number of allylic oxidation sites excluding steroid dienone is 1. The zero-order valence-electron chi connectivity index (χ0n) is 21.4. The molecule has 0 aliphatic heterocycles. The van der Waals surface area contributed by atoms with Gasteiger partial charge in [-0.3, -0.25) is 9.59 Å². The SMILES string of the molecule is C=CCn1c(SCC(=O)Nc2cc(C(=O)OCC)ccc2Cl)nnc1C(NC(=O)c1ccccc1)C(C)C. The molecule has 3 aromatic rings. The van der Waals surface area contributed by atoms with E-state index in [1.807, 2.05) is 24.5 Å². The highest BCUT2D eigenvalue weighted by molar-refractivity contribution is 7.99. The van der Waals surface area contributed by atoms with Crippen LogP contribution in [0.3, 0.4) is 0 Å². The minimum atomic E-state index is -0.502. The van der Waals surface area contributed by atoms with Crippen LogP contribution in [-0.4, -0.2) is 44.9 Å². The molecule has 2 N–H and O–H groups in total. The molecule has 200 valence electrons. The number of benzene rings is 2. The molecule has 2 amide bonds. The summed E-state index contributed by atoms with van der Waals surface area (Å²) in [6.07, 6.45) is 1.70. The number of amides is 2. The number of aromatic nitrogens is 3. The number of thioether (sulfide) groups is 1. The summed E-state index contributed by atoms with van der Waals surface area (Å²) in [5.41, 5.74) is 1.14. The maximum absolute atomic E-state index is 12.8. The predicted molar refractivity (Wildman–Crippen MR) is 148 cm³/mol. The third kappa shape index (κ3) is 7.45. The molecule has 0 bridgehead atoms. The Bertz CT molecular complexity index is 1300. The van der Waals surface area contributed by atoms with Crippen LogP contribution in [0.4, 0.5) is 5.69 Å². The van der Waals surface area contributed by atoms with Crippen molar-refractivity contribution in [1.82, 2.24) is 20.1 Å². The van der Waals surface area contributed by atoms with E-state index in [0.29, 0.717) is 33.8 Å². The monoisotopic (exact) mass is 555 g/mol. The number of halogens is 1. The van der Waals surface area contributed by atoms with Crippen LogP contribution in [0.5, 0.6) is 0 Å².